The molecule has 2 heterocycles. The first-order chi connectivity index (χ1) is 9.69. The van der Waals surface area contributed by atoms with E-state index in [0.717, 1.165) is 31.4 Å². The van der Waals surface area contributed by atoms with E-state index < -0.39 is 0 Å². The summed E-state index contributed by atoms with van der Waals surface area (Å²) < 4.78 is 0. The van der Waals surface area contributed by atoms with Gasteiger partial charge < -0.3 is 11.1 Å². The summed E-state index contributed by atoms with van der Waals surface area (Å²) in [7, 11) is 1.69. The van der Waals surface area contributed by atoms with Crippen LogP contribution in [0.4, 0.5) is 0 Å². The lowest BCUT2D eigenvalue weighted by Gasteiger charge is -2.36. The Morgan fingerprint density at radius 1 is 1.55 bits per heavy atom. The smallest absolute Gasteiger partial charge is 0.237 e. The molecule has 0 aromatic carbocycles. The zero-order chi connectivity index (χ0) is 14.5. The Labute approximate surface area is 120 Å². The Balaban J connectivity index is 2.29. The number of carbonyl (C=O) groups excluding carboxylic acids is 1. The fraction of sp³-hybridized carbons (Fsp3) is 0.600. The number of hydrogen-bond donors (Lipinski definition) is 2. The second-order valence-corrected chi connectivity index (χ2v) is 5.31. The lowest BCUT2D eigenvalue weighted by atomic mass is 9.96. The summed E-state index contributed by atoms with van der Waals surface area (Å²) >= 11 is 0. The van der Waals surface area contributed by atoms with Crippen LogP contribution in [-0.4, -0.2) is 41.5 Å². The normalized spacial score (nSPS) is 22.4. The highest BCUT2D eigenvalue weighted by Crippen LogP contribution is 2.32. The molecule has 3 atom stereocenters. The number of pyridine rings is 1. The zero-order valence-corrected chi connectivity index (χ0v) is 12.2. The van der Waals surface area contributed by atoms with Gasteiger partial charge in [-0.3, -0.25) is 14.7 Å². The van der Waals surface area contributed by atoms with E-state index in [0.29, 0.717) is 0 Å². The molecule has 2 rings (SSSR count). The largest absolute Gasteiger partial charge is 0.358 e. The highest BCUT2D eigenvalue weighted by molar-refractivity contribution is 5.81. The molecule has 5 heteroatoms. The molecule has 1 aromatic heterocycles. The average molecular weight is 276 g/mol. The molecular weight excluding hydrogens is 252 g/mol. The van der Waals surface area contributed by atoms with Crippen LogP contribution in [-0.2, 0) is 4.79 Å². The van der Waals surface area contributed by atoms with Gasteiger partial charge in [0.05, 0.1) is 12.1 Å². The van der Waals surface area contributed by atoms with E-state index in [1.165, 1.54) is 0 Å². The number of carbonyl (C=O) groups is 1. The number of rotatable bonds is 5. The van der Waals surface area contributed by atoms with Crippen LogP contribution in [0.3, 0.4) is 0 Å². The fourth-order valence-corrected chi connectivity index (χ4v) is 3.04. The summed E-state index contributed by atoms with van der Waals surface area (Å²) in [6.07, 6.45) is 6.39. The molecule has 1 aromatic rings. The minimum absolute atomic E-state index is 0.0163. The Kier molecular flexibility index (Phi) is 5.09. The first-order valence-electron chi connectivity index (χ1n) is 7.31. The summed E-state index contributed by atoms with van der Waals surface area (Å²) in [5, 5.41) is 2.77. The number of aromatic nitrogens is 1. The van der Waals surface area contributed by atoms with Crippen molar-refractivity contribution in [3.8, 4) is 0 Å². The molecule has 3 unspecified atom stereocenters. The quantitative estimate of drug-likeness (QED) is 0.844. The Morgan fingerprint density at radius 2 is 2.25 bits per heavy atom. The molecule has 1 saturated heterocycles. The van der Waals surface area contributed by atoms with Gasteiger partial charge in [-0.15, -0.1) is 0 Å². The van der Waals surface area contributed by atoms with Gasteiger partial charge in [-0.2, -0.15) is 0 Å². The molecule has 110 valence electrons. The summed E-state index contributed by atoms with van der Waals surface area (Å²) in [5.41, 5.74) is 7.48. The minimum Gasteiger partial charge on any atom is -0.358 e. The van der Waals surface area contributed by atoms with Gasteiger partial charge in [0, 0.05) is 25.5 Å². The molecule has 3 N–H and O–H groups in total. The van der Waals surface area contributed by atoms with Gasteiger partial charge in [0.15, 0.2) is 0 Å². The number of nitrogens with two attached hydrogens (primary N) is 1. The van der Waals surface area contributed by atoms with Gasteiger partial charge in [0.25, 0.3) is 0 Å². The first-order valence-corrected chi connectivity index (χ1v) is 7.31. The number of likely N-dealkylation sites (tertiary alicyclic amines) is 1. The van der Waals surface area contributed by atoms with Crippen LogP contribution in [0.25, 0.3) is 0 Å². The molecule has 0 saturated carbocycles. The van der Waals surface area contributed by atoms with Crippen molar-refractivity contribution in [2.24, 2.45) is 5.73 Å². The summed E-state index contributed by atoms with van der Waals surface area (Å²) in [4.78, 5) is 18.4. The summed E-state index contributed by atoms with van der Waals surface area (Å²) in [6, 6.07) is 4.02. The maximum absolute atomic E-state index is 12.1. The van der Waals surface area contributed by atoms with Crippen LogP contribution in [0.5, 0.6) is 0 Å². The lowest BCUT2D eigenvalue weighted by molar-refractivity contribution is -0.125. The Hall–Kier alpha value is -1.46. The van der Waals surface area contributed by atoms with Crippen molar-refractivity contribution in [2.45, 2.75) is 44.3 Å². The van der Waals surface area contributed by atoms with E-state index in [4.69, 9.17) is 5.73 Å². The van der Waals surface area contributed by atoms with Crippen molar-refractivity contribution in [2.75, 3.05) is 13.6 Å². The third-order valence-corrected chi connectivity index (χ3v) is 4.13. The molecule has 1 aliphatic heterocycles. The van der Waals surface area contributed by atoms with Crippen LogP contribution in [0.2, 0.25) is 0 Å². The van der Waals surface area contributed by atoms with Crippen LogP contribution in [0.15, 0.2) is 24.5 Å². The standard InChI is InChI=1S/C15H24N4O/c1-3-12(16)14(11-6-8-18-9-7-11)19-10-4-5-13(19)15(20)17-2/h6-9,12-14H,3-5,10,16H2,1-2H3,(H,17,20). The molecule has 0 aliphatic carbocycles. The Bertz CT molecular complexity index is 437. The summed E-state index contributed by atoms with van der Waals surface area (Å²) in [5.74, 6) is 0.0878. The molecule has 1 fully saturated rings. The zero-order valence-electron chi connectivity index (χ0n) is 12.2. The van der Waals surface area contributed by atoms with Crippen LogP contribution in [0, 0.1) is 0 Å². The highest BCUT2D eigenvalue weighted by atomic mass is 16.2. The van der Waals surface area contributed by atoms with Crippen molar-refractivity contribution in [3.05, 3.63) is 30.1 Å². The van der Waals surface area contributed by atoms with Crippen LogP contribution < -0.4 is 11.1 Å². The topological polar surface area (TPSA) is 71.2 Å². The summed E-state index contributed by atoms with van der Waals surface area (Å²) in [6.45, 7) is 3.00. The maximum Gasteiger partial charge on any atom is 0.237 e. The molecule has 0 spiro atoms. The second kappa shape index (κ2) is 6.81. The third-order valence-electron chi connectivity index (χ3n) is 4.13. The predicted molar refractivity (Wildman–Crippen MR) is 79.0 cm³/mol. The van der Waals surface area contributed by atoms with Crippen molar-refractivity contribution in [1.29, 1.82) is 0 Å². The number of nitrogens with one attached hydrogen (secondary N) is 1. The van der Waals surface area contributed by atoms with E-state index in [1.54, 1.807) is 19.4 Å². The van der Waals surface area contributed by atoms with Gasteiger partial charge in [0.2, 0.25) is 5.91 Å². The van der Waals surface area contributed by atoms with Gasteiger partial charge in [-0.05, 0) is 43.5 Å². The van der Waals surface area contributed by atoms with Gasteiger partial charge >= 0.3 is 0 Å². The second-order valence-electron chi connectivity index (χ2n) is 5.31. The molecular formula is C15H24N4O. The van der Waals surface area contributed by atoms with Crippen molar-refractivity contribution >= 4 is 5.91 Å². The van der Waals surface area contributed by atoms with Crippen LogP contribution in [0.1, 0.15) is 37.8 Å². The average Bonchev–Trinajstić information content (AvgIpc) is 2.96. The van der Waals surface area contributed by atoms with Crippen molar-refractivity contribution in [1.82, 2.24) is 15.2 Å². The Morgan fingerprint density at radius 3 is 2.85 bits per heavy atom. The van der Waals surface area contributed by atoms with Gasteiger partial charge in [-0.1, -0.05) is 6.92 Å². The minimum atomic E-state index is -0.0734. The molecule has 0 radical (unpaired) electrons. The number of amides is 1. The van der Waals surface area contributed by atoms with Gasteiger partial charge in [0.1, 0.15) is 0 Å². The van der Waals surface area contributed by atoms with Crippen LogP contribution >= 0.6 is 0 Å². The lowest BCUT2D eigenvalue weighted by Crippen LogP contribution is -2.48. The fourth-order valence-electron chi connectivity index (χ4n) is 3.04. The monoisotopic (exact) mass is 276 g/mol. The molecule has 5 nitrogen and oxygen atoms in total. The number of hydrogen-bond acceptors (Lipinski definition) is 4. The molecule has 1 amide bonds. The number of likely N-dealkylation sites (N-methyl/N-ethyl adjacent to an activating group) is 1. The van der Waals surface area contributed by atoms with Gasteiger partial charge in [-0.25, -0.2) is 0 Å². The van der Waals surface area contributed by atoms with E-state index in [2.05, 4.69) is 22.1 Å². The van der Waals surface area contributed by atoms with Crippen molar-refractivity contribution < 1.29 is 4.79 Å². The maximum atomic E-state index is 12.1. The predicted octanol–water partition coefficient (Wildman–Crippen LogP) is 1.07. The first kappa shape index (κ1) is 14.9. The molecule has 20 heavy (non-hydrogen) atoms. The van der Waals surface area contributed by atoms with E-state index in [1.807, 2.05) is 12.1 Å². The third kappa shape index (κ3) is 2.99. The van der Waals surface area contributed by atoms with E-state index in [9.17, 15) is 4.79 Å². The molecule has 1 aliphatic rings. The molecule has 0 bridgehead atoms. The SMILES string of the molecule is CCC(N)C(c1ccncc1)N1CCCC1C(=O)NC. The number of nitrogens with zero attached hydrogens (tertiary/aromatic N) is 2. The highest BCUT2D eigenvalue weighted by Gasteiger charge is 2.37. The van der Waals surface area contributed by atoms with E-state index in [-0.39, 0.29) is 24.0 Å². The van der Waals surface area contributed by atoms with E-state index >= 15 is 0 Å². The van der Waals surface area contributed by atoms with Crippen molar-refractivity contribution in [3.63, 3.8) is 0 Å².